The monoisotopic (exact) mass is 342 g/mol. The highest BCUT2D eigenvalue weighted by Crippen LogP contribution is 2.92. The van der Waals surface area contributed by atoms with Crippen molar-refractivity contribution in [2.75, 3.05) is 0 Å². The maximum atomic E-state index is 16.8. The zero-order valence-corrected chi connectivity index (χ0v) is 14.7. The first-order valence-corrected chi connectivity index (χ1v) is 9.72. The second kappa shape index (κ2) is 3.22. The summed E-state index contributed by atoms with van der Waals surface area (Å²) in [5, 5.41) is 0. The average Bonchev–Trinajstić information content (AvgIpc) is 3.25. The molecule has 134 valence electrons. The van der Waals surface area contributed by atoms with E-state index in [1.54, 1.807) is 20.8 Å². The maximum absolute atomic E-state index is 16.8. The van der Waals surface area contributed by atoms with Crippen molar-refractivity contribution in [1.82, 2.24) is 0 Å². The minimum atomic E-state index is -2.22. The number of rotatable bonds is 0. The van der Waals surface area contributed by atoms with Gasteiger partial charge >= 0.3 is 0 Å². The van der Waals surface area contributed by atoms with Crippen LogP contribution in [0.2, 0.25) is 0 Å². The summed E-state index contributed by atoms with van der Waals surface area (Å²) in [5.74, 6) is -1.95. The zero-order valence-electron chi connectivity index (χ0n) is 14.7. The number of hydrogen-bond acceptors (Lipinski definition) is 0. The number of hydrogen-bond donors (Lipinski definition) is 0. The molecule has 0 amide bonds. The Labute approximate surface area is 140 Å². The SMILES string of the molecule is CC12CCC(C1)C1(F)C3CC(C)(C21F)C1(F)C2(C)CCC(C2)C31F. The van der Waals surface area contributed by atoms with Gasteiger partial charge in [-0.05, 0) is 56.8 Å². The van der Waals surface area contributed by atoms with Crippen molar-refractivity contribution in [3.63, 3.8) is 0 Å². The molecule has 0 nitrogen and oxygen atoms in total. The number of fused-ring (bicyclic) bond motifs is 16. The van der Waals surface area contributed by atoms with Crippen LogP contribution in [0.4, 0.5) is 17.6 Å². The van der Waals surface area contributed by atoms with E-state index in [0.717, 1.165) is 0 Å². The fourth-order valence-corrected chi connectivity index (χ4v) is 10.1. The maximum Gasteiger partial charge on any atom is 0.159 e. The predicted octanol–water partition coefficient (Wildman–Crippen LogP) is 5.50. The molecule has 8 unspecified atom stereocenters. The Morgan fingerprint density at radius 3 is 1.50 bits per heavy atom. The lowest BCUT2D eigenvalue weighted by Crippen LogP contribution is -2.78. The minimum Gasteiger partial charge on any atom is -0.240 e. The van der Waals surface area contributed by atoms with Crippen LogP contribution in [0, 0.1) is 34.0 Å². The zero-order chi connectivity index (χ0) is 17.2. The first-order chi connectivity index (χ1) is 11.0. The van der Waals surface area contributed by atoms with Crippen molar-refractivity contribution in [1.29, 1.82) is 0 Å². The molecule has 6 bridgehead atoms. The molecule has 0 aliphatic heterocycles. The molecule has 8 atom stereocenters. The molecule has 0 saturated heterocycles. The molecule has 6 saturated carbocycles. The first-order valence-electron chi connectivity index (χ1n) is 9.72. The van der Waals surface area contributed by atoms with Crippen LogP contribution in [0.1, 0.15) is 65.7 Å². The largest absolute Gasteiger partial charge is 0.240 e. The van der Waals surface area contributed by atoms with Gasteiger partial charge in [0.2, 0.25) is 0 Å². The van der Waals surface area contributed by atoms with Gasteiger partial charge in [0, 0.05) is 22.2 Å². The van der Waals surface area contributed by atoms with Gasteiger partial charge in [0.05, 0.1) is 0 Å². The summed E-state index contributed by atoms with van der Waals surface area (Å²) < 4.78 is 66.6. The third-order valence-electron chi connectivity index (χ3n) is 10.5. The van der Waals surface area contributed by atoms with Crippen LogP contribution in [0.3, 0.4) is 0 Å². The van der Waals surface area contributed by atoms with E-state index in [0.29, 0.717) is 38.5 Å². The summed E-state index contributed by atoms with van der Waals surface area (Å²) in [4.78, 5) is 0. The molecule has 4 heteroatoms. The van der Waals surface area contributed by atoms with E-state index in [9.17, 15) is 0 Å². The molecule has 0 aromatic heterocycles. The topological polar surface area (TPSA) is 0 Å². The lowest BCUT2D eigenvalue weighted by molar-refractivity contribution is -0.291. The summed E-state index contributed by atoms with van der Waals surface area (Å²) in [6, 6.07) is 0. The van der Waals surface area contributed by atoms with Gasteiger partial charge in [-0.25, -0.2) is 17.6 Å². The molecule has 0 radical (unpaired) electrons. The Balaban J connectivity index is 1.70. The van der Waals surface area contributed by atoms with Crippen LogP contribution in [-0.4, -0.2) is 22.7 Å². The van der Waals surface area contributed by atoms with Gasteiger partial charge in [-0.1, -0.05) is 20.8 Å². The Morgan fingerprint density at radius 1 is 0.667 bits per heavy atom. The molecule has 24 heavy (non-hydrogen) atoms. The van der Waals surface area contributed by atoms with Crippen LogP contribution < -0.4 is 0 Å². The summed E-state index contributed by atoms with van der Waals surface area (Å²) >= 11 is 0. The van der Waals surface area contributed by atoms with Crippen molar-refractivity contribution >= 4 is 0 Å². The highest BCUT2D eigenvalue weighted by Gasteiger charge is 3.02. The molecular formula is C20H26F4. The van der Waals surface area contributed by atoms with Crippen molar-refractivity contribution < 1.29 is 17.6 Å². The van der Waals surface area contributed by atoms with Crippen LogP contribution in [0.5, 0.6) is 0 Å². The van der Waals surface area contributed by atoms with Gasteiger partial charge in [0.1, 0.15) is 0 Å². The second-order valence-electron chi connectivity index (χ2n) is 10.9. The third kappa shape index (κ3) is 0.850. The minimum absolute atomic E-state index is 0.0468. The summed E-state index contributed by atoms with van der Waals surface area (Å²) in [6.07, 6.45) is 3.44. The summed E-state index contributed by atoms with van der Waals surface area (Å²) in [5.41, 5.74) is -12.0. The smallest absolute Gasteiger partial charge is 0.159 e. The molecule has 0 aromatic carbocycles. The van der Waals surface area contributed by atoms with Gasteiger partial charge in [0.15, 0.2) is 22.7 Å². The van der Waals surface area contributed by atoms with Crippen LogP contribution >= 0.6 is 0 Å². The standard InChI is InChI=1S/C20H26F4/c1-14-6-4-11(8-14)17(21)13-10-16(3,19(14,17)23)20(24)15(2)7-5-12(9-15)18(13,20)22/h11-13H,4-10H2,1-3H3. The Bertz CT molecular complexity index is 641. The van der Waals surface area contributed by atoms with E-state index in [1.165, 1.54) is 0 Å². The van der Waals surface area contributed by atoms with Crippen LogP contribution in [0.25, 0.3) is 0 Å². The van der Waals surface area contributed by atoms with Gasteiger partial charge in [-0.2, -0.15) is 0 Å². The normalized spacial score (nSPS) is 77.4. The van der Waals surface area contributed by atoms with Crippen molar-refractivity contribution in [2.24, 2.45) is 34.0 Å². The molecule has 6 aliphatic rings. The van der Waals surface area contributed by atoms with E-state index >= 15 is 17.6 Å². The predicted molar refractivity (Wildman–Crippen MR) is 82.5 cm³/mol. The van der Waals surface area contributed by atoms with Gasteiger partial charge in [-0.3, -0.25) is 0 Å². The molecule has 0 aromatic rings. The molecule has 6 rings (SSSR count). The van der Waals surface area contributed by atoms with Gasteiger partial charge in [-0.15, -0.1) is 0 Å². The van der Waals surface area contributed by atoms with E-state index < -0.39 is 56.7 Å². The Hall–Kier alpha value is -0.280. The number of halogens is 4. The van der Waals surface area contributed by atoms with Gasteiger partial charge in [0.25, 0.3) is 0 Å². The van der Waals surface area contributed by atoms with Crippen molar-refractivity contribution in [3.8, 4) is 0 Å². The lowest BCUT2D eigenvalue weighted by Gasteiger charge is -2.64. The van der Waals surface area contributed by atoms with Gasteiger partial charge < -0.3 is 0 Å². The highest BCUT2D eigenvalue weighted by atomic mass is 19.2. The molecule has 6 fully saturated rings. The third-order valence-corrected chi connectivity index (χ3v) is 10.5. The lowest BCUT2D eigenvalue weighted by atomic mass is 9.44. The average molecular weight is 342 g/mol. The number of alkyl halides is 4. The second-order valence-corrected chi connectivity index (χ2v) is 10.9. The van der Waals surface area contributed by atoms with E-state index in [-0.39, 0.29) is 6.42 Å². The molecule has 0 heterocycles. The fraction of sp³-hybridized carbons (Fsp3) is 1.00. The first kappa shape index (κ1) is 14.8. The Kier molecular flexibility index (Phi) is 1.99. The fourth-order valence-electron chi connectivity index (χ4n) is 10.1. The van der Waals surface area contributed by atoms with E-state index in [1.807, 2.05) is 0 Å². The van der Waals surface area contributed by atoms with Crippen molar-refractivity contribution in [2.45, 2.75) is 88.4 Å². The van der Waals surface area contributed by atoms with Crippen LogP contribution in [-0.2, 0) is 0 Å². The molecular weight excluding hydrogens is 316 g/mol. The molecule has 0 N–H and O–H groups in total. The van der Waals surface area contributed by atoms with E-state index in [4.69, 9.17) is 0 Å². The Morgan fingerprint density at radius 2 is 1.08 bits per heavy atom. The van der Waals surface area contributed by atoms with Crippen LogP contribution in [0.15, 0.2) is 0 Å². The summed E-state index contributed by atoms with van der Waals surface area (Å²) in [6.45, 7) is 5.18. The summed E-state index contributed by atoms with van der Waals surface area (Å²) in [7, 11) is 0. The molecule has 6 aliphatic carbocycles. The quantitative estimate of drug-likeness (QED) is 0.403. The van der Waals surface area contributed by atoms with Crippen molar-refractivity contribution in [3.05, 3.63) is 0 Å². The molecule has 0 spiro atoms. The highest BCUT2D eigenvalue weighted by molar-refractivity contribution is 5.49. The van der Waals surface area contributed by atoms with E-state index in [2.05, 4.69) is 0 Å².